The predicted molar refractivity (Wildman–Crippen MR) is 61.8 cm³/mol. The minimum atomic E-state index is 1.01. The zero-order valence-electron chi connectivity index (χ0n) is 9.27. The summed E-state index contributed by atoms with van der Waals surface area (Å²) in [5.74, 6) is 0. The van der Waals surface area contributed by atoms with E-state index >= 15 is 0 Å². The van der Waals surface area contributed by atoms with Crippen molar-refractivity contribution in [1.82, 2.24) is 9.55 Å². The summed E-state index contributed by atoms with van der Waals surface area (Å²) < 4.78 is 2.12. The van der Waals surface area contributed by atoms with Gasteiger partial charge in [-0.25, -0.2) is 4.98 Å². The first-order valence-corrected chi connectivity index (χ1v) is 5.28. The Kier molecular flexibility index (Phi) is 2.86. The van der Waals surface area contributed by atoms with Gasteiger partial charge in [0.2, 0.25) is 0 Å². The Labute approximate surface area is 90.6 Å². The van der Waals surface area contributed by atoms with Gasteiger partial charge in [0, 0.05) is 18.9 Å². The Morgan fingerprint density at radius 1 is 1.20 bits per heavy atom. The van der Waals surface area contributed by atoms with Gasteiger partial charge in [0.25, 0.3) is 0 Å². The van der Waals surface area contributed by atoms with Gasteiger partial charge in [0.05, 0.1) is 6.33 Å². The molecule has 0 aliphatic heterocycles. The molecule has 0 N–H and O–H groups in total. The second-order valence-electron chi connectivity index (χ2n) is 3.92. The second kappa shape index (κ2) is 4.30. The van der Waals surface area contributed by atoms with Crippen LogP contribution in [0, 0.1) is 13.8 Å². The van der Waals surface area contributed by atoms with Crippen LogP contribution in [-0.2, 0) is 13.0 Å². The second-order valence-corrected chi connectivity index (χ2v) is 3.92. The zero-order valence-corrected chi connectivity index (χ0v) is 9.27. The molecule has 1 aromatic heterocycles. The highest BCUT2D eigenvalue weighted by Crippen LogP contribution is 2.14. The van der Waals surface area contributed by atoms with Crippen molar-refractivity contribution < 1.29 is 0 Å². The van der Waals surface area contributed by atoms with Crippen LogP contribution in [0.1, 0.15) is 16.7 Å². The van der Waals surface area contributed by atoms with Crippen LogP contribution >= 0.6 is 0 Å². The fourth-order valence-electron chi connectivity index (χ4n) is 1.90. The molecule has 0 aliphatic rings. The lowest BCUT2D eigenvalue weighted by Crippen LogP contribution is -2.01. The van der Waals surface area contributed by atoms with Crippen molar-refractivity contribution >= 4 is 0 Å². The summed E-state index contributed by atoms with van der Waals surface area (Å²) in [6.07, 6.45) is 6.78. The lowest BCUT2D eigenvalue weighted by atomic mass is 10.0. The molecule has 0 saturated heterocycles. The summed E-state index contributed by atoms with van der Waals surface area (Å²) in [5.41, 5.74) is 4.23. The number of rotatable bonds is 3. The van der Waals surface area contributed by atoms with Crippen molar-refractivity contribution in [3.05, 3.63) is 53.6 Å². The molecule has 2 aromatic rings. The van der Waals surface area contributed by atoms with Crippen LogP contribution in [0.3, 0.4) is 0 Å². The molecular weight excluding hydrogens is 184 g/mol. The third-order valence-corrected chi connectivity index (χ3v) is 2.82. The van der Waals surface area contributed by atoms with Crippen LogP contribution in [0.4, 0.5) is 0 Å². The van der Waals surface area contributed by atoms with Crippen LogP contribution in [0.25, 0.3) is 0 Å². The van der Waals surface area contributed by atoms with E-state index in [1.165, 1.54) is 16.7 Å². The van der Waals surface area contributed by atoms with Crippen molar-refractivity contribution in [3.63, 3.8) is 0 Å². The topological polar surface area (TPSA) is 17.8 Å². The molecule has 1 heterocycles. The van der Waals surface area contributed by atoms with Crippen molar-refractivity contribution in [2.75, 3.05) is 0 Å². The standard InChI is InChI=1S/C13H16N2/c1-11-4-3-5-12(2)13(11)6-8-15-9-7-14-10-15/h3-5,7,9-10H,6,8H2,1-2H3. The molecule has 0 unspecified atom stereocenters. The molecule has 2 rings (SSSR count). The van der Waals surface area contributed by atoms with Crippen LogP contribution in [0.2, 0.25) is 0 Å². The van der Waals surface area contributed by atoms with Gasteiger partial charge >= 0.3 is 0 Å². The molecule has 2 nitrogen and oxygen atoms in total. The average molecular weight is 200 g/mol. The largest absolute Gasteiger partial charge is 0.337 e. The number of imidazole rings is 1. The van der Waals surface area contributed by atoms with E-state index < -0.39 is 0 Å². The third kappa shape index (κ3) is 2.27. The van der Waals surface area contributed by atoms with Gasteiger partial charge in [-0.3, -0.25) is 0 Å². The first kappa shape index (κ1) is 9.97. The molecule has 2 heteroatoms. The normalized spacial score (nSPS) is 10.5. The summed E-state index contributed by atoms with van der Waals surface area (Å²) in [5, 5.41) is 0. The van der Waals surface area contributed by atoms with Crippen molar-refractivity contribution in [2.24, 2.45) is 0 Å². The molecule has 0 saturated carbocycles. The Bertz CT molecular complexity index is 410. The fraction of sp³-hybridized carbons (Fsp3) is 0.308. The summed E-state index contributed by atoms with van der Waals surface area (Å²) in [7, 11) is 0. The summed E-state index contributed by atoms with van der Waals surface area (Å²) in [4.78, 5) is 4.04. The van der Waals surface area contributed by atoms with Crippen LogP contribution in [0.5, 0.6) is 0 Å². The van der Waals surface area contributed by atoms with Crippen molar-refractivity contribution in [3.8, 4) is 0 Å². The number of hydrogen-bond acceptors (Lipinski definition) is 1. The molecule has 0 amide bonds. The Morgan fingerprint density at radius 2 is 1.93 bits per heavy atom. The van der Waals surface area contributed by atoms with E-state index in [1.807, 2.05) is 18.7 Å². The summed E-state index contributed by atoms with van der Waals surface area (Å²) in [6.45, 7) is 5.36. The fourth-order valence-corrected chi connectivity index (χ4v) is 1.90. The number of nitrogens with zero attached hydrogens (tertiary/aromatic N) is 2. The molecule has 1 aromatic carbocycles. The maximum absolute atomic E-state index is 4.04. The molecule has 78 valence electrons. The van der Waals surface area contributed by atoms with E-state index in [9.17, 15) is 0 Å². The first-order chi connectivity index (χ1) is 7.27. The minimum Gasteiger partial charge on any atom is -0.337 e. The number of benzene rings is 1. The molecule has 0 bridgehead atoms. The Balaban J connectivity index is 2.11. The van der Waals surface area contributed by atoms with Gasteiger partial charge in [-0.15, -0.1) is 0 Å². The maximum atomic E-state index is 4.04. The summed E-state index contributed by atoms with van der Waals surface area (Å²) >= 11 is 0. The summed E-state index contributed by atoms with van der Waals surface area (Å²) in [6, 6.07) is 6.47. The third-order valence-electron chi connectivity index (χ3n) is 2.82. The first-order valence-electron chi connectivity index (χ1n) is 5.28. The highest BCUT2D eigenvalue weighted by atomic mass is 15.0. The van der Waals surface area contributed by atoms with E-state index in [1.54, 1.807) is 0 Å². The Morgan fingerprint density at radius 3 is 2.53 bits per heavy atom. The van der Waals surface area contributed by atoms with Gasteiger partial charge in [-0.05, 0) is 37.0 Å². The zero-order chi connectivity index (χ0) is 10.7. The van der Waals surface area contributed by atoms with Gasteiger partial charge in [-0.1, -0.05) is 18.2 Å². The van der Waals surface area contributed by atoms with Crippen molar-refractivity contribution in [2.45, 2.75) is 26.8 Å². The van der Waals surface area contributed by atoms with E-state index in [0.29, 0.717) is 0 Å². The van der Waals surface area contributed by atoms with Crippen LogP contribution < -0.4 is 0 Å². The van der Waals surface area contributed by atoms with Crippen molar-refractivity contribution in [1.29, 1.82) is 0 Å². The van der Waals surface area contributed by atoms with Gasteiger partial charge in [-0.2, -0.15) is 0 Å². The van der Waals surface area contributed by atoms with E-state index in [-0.39, 0.29) is 0 Å². The molecule has 0 radical (unpaired) electrons. The number of aryl methyl sites for hydroxylation is 3. The maximum Gasteiger partial charge on any atom is 0.0946 e. The SMILES string of the molecule is Cc1cccc(C)c1CCn1ccnc1. The lowest BCUT2D eigenvalue weighted by molar-refractivity contribution is 0.691. The van der Waals surface area contributed by atoms with Gasteiger partial charge in [0.15, 0.2) is 0 Å². The van der Waals surface area contributed by atoms with Crippen LogP contribution in [-0.4, -0.2) is 9.55 Å². The highest BCUT2D eigenvalue weighted by Gasteiger charge is 2.01. The molecule has 0 fully saturated rings. The highest BCUT2D eigenvalue weighted by molar-refractivity contribution is 5.33. The molecule has 0 spiro atoms. The predicted octanol–water partition coefficient (Wildman–Crippen LogP) is 2.74. The van der Waals surface area contributed by atoms with E-state index in [4.69, 9.17) is 0 Å². The lowest BCUT2D eigenvalue weighted by Gasteiger charge is -2.09. The smallest absolute Gasteiger partial charge is 0.0946 e. The number of hydrogen-bond donors (Lipinski definition) is 0. The number of aromatic nitrogens is 2. The van der Waals surface area contributed by atoms with E-state index in [0.717, 1.165) is 13.0 Å². The monoisotopic (exact) mass is 200 g/mol. The Hall–Kier alpha value is -1.57. The minimum absolute atomic E-state index is 1.01. The van der Waals surface area contributed by atoms with Gasteiger partial charge in [0.1, 0.15) is 0 Å². The average Bonchev–Trinajstić information content (AvgIpc) is 2.70. The molecule has 15 heavy (non-hydrogen) atoms. The van der Waals surface area contributed by atoms with Gasteiger partial charge < -0.3 is 4.57 Å². The molecule has 0 aliphatic carbocycles. The van der Waals surface area contributed by atoms with Crippen LogP contribution in [0.15, 0.2) is 36.9 Å². The molecule has 0 atom stereocenters. The van der Waals surface area contributed by atoms with E-state index in [2.05, 4.69) is 41.6 Å². The molecular formula is C13H16N2. The quantitative estimate of drug-likeness (QED) is 0.745.